The van der Waals surface area contributed by atoms with Gasteiger partial charge in [-0.1, -0.05) is 18.3 Å². The van der Waals surface area contributed by atoms with Crippen LogP contribution in [0, 0.1) is 0 Å². The minimum Gasteiger partial charge on any atom is -0.330 e. The lowest BCUT2D eigenvalue weighted by molar-refractivity contribution is 0.364. The van der Waals surface area contributed by atoms with Gasteiger partial charge in [0, 0.05) is 26.9 Å². The minimum atomic E-state index is -3.52. The first-order valence-electron chi connectivity index (χ1n) is 5.28. The number of hydrogen-bond donors (Lipinski definition) is 0. The van der Waals surface area contributed by atoms with Crippen molar-refractivity contribution in [1.82, 2.24) is 8.38 Å². The molecule has 0 spiro atoms. The van der Waals surface area contributed by atoms with Gasteiger partial charge in [-0.3, -0.25) is 0 Å². The standard InChI is InChI=1S/C8H21N2O3PS3/c1-6-8-16-14(15,13-7-2)10(5)17(11,12)9(3)4/h6-8H2,1-5H3. The van der Waals surface area contributed by atoms with Crippen LogP contribution in [0.3, 0.4) is 0 Å². The highest BCUT2D eigenvalue weighted by atomic mass is 32.9. The van der Waals surface area contributed by atoms with Gasteiger partial charge in [-0.25, -0.2) is 0 Å². The van der Waals surface area contributed by atoms with Crippen LogP contribution in [-0.2, 0) is 26.5 Å². The molecule has 0 saturated carbocycles. The second kappa shape index (κ2) is 7.43. The van der Waals surface area contributed by atoms with E-state index in [2.05, 4.69) is 0 Å². The van der Waals surface area contributed by atoms with Gasteiger partial charge in [-0.15, -0.1) is 4.08 Å². The van der Waals surface area contributed by atoms with E-state index < -0.39 is 15.8 Å². The molecule has 0 amide bonds. The molecule has 0 bridgehead atoms. The predicted octanol–water partition coefficient (Wildman–Crippen LogP) is 2.13. The van der Waals surface area contributed by atoms with Crippen LogP contribution >= 0.6 is 17.0 Å². The van der Waals surface area contributed by atoms with Crippen LogP contribution in [0.1, 0.15) is 20.3 Å². The molecule has 0 aliphatic heterocycles. The third-order valence-corrected chi connectivity index (χ3v) is 12.2. The Morgan fingerprint density at radius 1 is 1.29 bits per heavy atom. The van der Waals surface area contributed by atoms with Gasteiger partial charge in [0.15, 0.2) is 0 Å². The number of rotatable bonds is 8. The summed E-state index contributed by atoms with van der Waals surface area (Å²) in [5.74, 6) is 0.796. The van der Waals surface area contributed by atoms with E-state index in [1.54, 1.807) is 0 Å². The summed E-state index contributed by atoms with van der Waals surface area (Å²) in [6, 6.07) is 0. The van der Waals surface area contributed by atoms with Crippen molar-refractivity contribution in [2.75, 3.05) is 33.5 Å². The van der Waals surface area contributed by atoms with Crippen molar-refractivity contribution in [3.05, 3.63) is 0 Å². The zero-order valence-corrected chi connectivity index (χ0v) is 14.3. The fourth-order valence-corrected chi connectivity index (χ4v) is 9.33. The summed E-state index contributed by atoms with van der Waals surface area (Å²) in [4.78, 5) is 0. The second-order valence-electron chi connectivity index (χ2n) is 3.44. The molecule has 0 rings (SSSR count). The highest BCUT2D eigenvalue weighted by molar-refractivity contribution is 8.69. The SMILES string of the molecule is CCCSP(=S)(OCC)N(C)S(=O)(=O)N(C)C. The van der Waals surface area contributed by atoms with Crippen molar-refractivity contribution in [2.45, 2.75) is 20.3 Å². The average Bonchev–Trinajstić information content (AvgIpc) is 2.25. The molecule has 1 unspecified atom stereocenters. The maximum atomic E-state index is 12.0. The molecule has 0 fully saturated rings. The molecule has 1 atom stereocenters. The smallest absolute Gasteiger partial charge is 0.287 e. The minimum absolute atomic E-state index is 0.418. The number of nitrogens with zero attached hydrogens (tertiary/aromatic N) is 2. The van der Waals surface area contributed by atoms with Crippen molar-refractivity contribution in [2.24, 2.45) is 0 Å². The van der Waals surface area contributed by atoms with Gasteiger partial charge >= 0.3 is 0 Å². The summed E-state index contributed by atoms with van der Waals surface area (Å²) < 4.78 is 32.0. The molecular formula is C8H21N2O3PS3. The highest BCUT2D eigenvalue weighted by Crippen LogP contribution is 2.63. The van der Waals surface area contributed by atoms with E-state index in [0.717, 1.165) is 16.5 Å². The van der Waals surface area contributed by atoms with E-state index in [9.17, 15) is 8.42 Å². The zero-order valence-electron chi connectivity index (χ0n) is 10.9. The van der Waals surface area contributed by atoms with E-state index in [1.807, 2.05) is 13.8 Å². The Kier molecular flexibility index (Phi) is 7.79. The van der Waals surface area contributed by atoms with Crippen LogP contribution < -0.4 is 0 Å². The molecule has 0 heterocycles. The first kappa shape index (κ1) is 17.8. The molecule has 0 aromatic heterocycles. The number of hydrogen-bond acceptors (Lipinski definition) is 5. The summed E-state index contributed by atoms with van der Waals surface area (Å²) in [5, 5.41) is 0. The maximum absolute atomic E-state index is 12.0. The van der Waals surface area contributed by atoms with Gasteiger partial charge in [-0.2, -0.15) is 12.7 Å². The quantitative estimate of drug-likeness (QED) is 0.641. The van der Waals surface area contributed by atoms with Crippen molar-refractivity contribution in [1.29, 1.82) is 0 Å². The zero-order chi connectivity index (χ0) is 13.7. The molecule has 0 aromatic carbocycles. The molecule has 0 aromatic rings. The maximum Gasteiger partial charge on any atom is 0.287 e. The summed E-state index contributed by atoms with van der Waals surface area (Å²) in [7, 11) is 0.949. The first-order chi connectivity index (χ1) is 7.72. The third-order valence-electron chi connectivity index (χ3n) is 1.89. The fraction of sp³-hybridized carbons (Fsp3) is 1.00. The van der Waals surface area contributed by atoms with E-state index >= 15 is 0 Å². The van der Waals surface area contributed by atoms with Gasteiger partial charge in [0.1, 0.15) is 0 Å². The van der Waals surface area contributed by atoms with Gasteiger partial charge in [0.2, 0.25) is 5.62 Å². The Hall–Kier alpha value is 0.830. The lowest BCUT2D eigenvalue weighted by Gasteiger charge is -2.31. The van der Waals surface area contributed by atoms with Gasteiger partial charge in [-0.05, 0) is 25.2 Å². The van der Waals surface area contributed by atoms with Gasteiger partial charge in [0.05, 0.1) is 6.61 Å². The van der Waals surface area contributed by atoms with Crippen LogP contribution in [0.2, 0.25) is 0 Å². The molecule has 104 valence electrons. The molecule has 5 nitrogen and oxygen atoms in total. The van der Waals surface area contributed by atoms with E-state index in [1.165, 1.54) is 36.6 Å². The molecule has 0 aliphatic rings. The highest BCUT2D eigenvalue weighted by Gasteiger charge is 2.34. The summed E-state index contributed by atoms with van der Waals surface area (Å²) in [6.45, 7) is 4.27. The Labute approximate surface area is 114 Å². The summed E-state index contributed by atoms with van der Waals surface area (Å²) in [6.07, 6.45) is 0.936. The monoisotopic (exact) mass is 320 g/mol. The molecular weight excluding hydrogens is 299 g/mol. The second-order valence-corrected chi connectivity index (χ2v) is 12.8. The predicted molar refractivity (Wildman–Crippen MR) is 79.0 cm³/mol. The van der Waals surface area contributed by atoms with Crippen molar-refractivity contribution >= 4 is 39.0 Å². The summed E-state index contributed by atoms with van der Waals surface area (Å²) >= 11 is 6.85. The Morgan fingerprint density at radius 2 is 1.82 bits per heavy atom. The van der Waals surface area contributed by atoms with E-state index in [4.69, 9.17) is 16.3 Å². The first-order valence-corrected chi connectivity index (χ1v) is 10.9. The van der Waals surface area contributed by atoms with Crippen molar-refractivity contribution < 1.29 is 12.9 Å². The molecule has 0 aliphatic carbocycles. The van der Waals surface area contributed by atoms with Crippen LogP contribution in [0.15, 0.2) is 0 Å². The van der Waals surface area contributed by atoms with Crippen LogP contribution in [0.5, 0.6) is 0 Å². The van der Waals surface area contributed by atoms with E-state index in [0.29, 0.717) is 6.61 Å². The van der Waals surface area contributed by atoms with Crippen molar-refractivity contribution in [3.8, 4) is 0 Å². The average molecular weight is 320 g/mol. The Bertz CT molecular complexity index is 372. The molecule has 9 heteroatoms. The normalized spacial score (nSPS) is 16.4. The molecule has 0 radical (unpaired) electrons. The Balaban J connectivity index is 5.13. The topological polar surface area (TPSA) is 49.9 Å². The van der Waals surface area contributed by atoms with Crippen LogP contribution in [0.25, 0.3) is 0 Å². The lowest BCUT2D eigenvalue weighted by atomic mass is 10.6. The Morgan fingerprint density at radius 3 is 2.18 bits per heavy atom. The van der Waals surface area contributed by atoms with Crippen molar-refractivity contribution in [3.63, 3.8) is 0 Å². The fourth-order valence-electron chi connectivity index (χ4n) is 0.932. The third kappa shape index (κ3) is 4.78. The largest absolute Gasteiger partial charge is 0.330 e. The van der Waals surface area contributed by atoms with Gasteiger partial charge < -0.3 is 4.52 Å². The molecule has 17 heavy (non-hydrogen) atoms. The molecule has 0 saturated heterocycles. The summed E-state index contributed by atoms with van der Waals surface area (Å²) in [5.41, 5.74) is -2.55. The lowest BCUT2D eigenvalue weighted by Crippen LogP contribution is -2.35. The van der Waals surface area contributed by atoms with Crippen LogP contribution in [-0.4, -0.2) is 50.3 Å². The molecule has 0 N–H and O–H groups in total. The van der Waals surface area contributed by atoms with E-state index in [-0.39, 0.29) is 0 Å². The van der Waals surface area contributed by atoms with Gasteiger partial charge in [0.25, 0.3) is 10.2 Å². The van der Waals surface area contributed by atoms with Crippen LogP contribution in [0.4, 0.5) is 0 Å².